The summed E-state index contributed by atoms with van der Waals surface area (Å²) in [6, 6.07) is 61.6. The van der Waals surface area contributed by atoms with Gasteiger partial charge >= 0.3 is 0 Å². The van der Waals surface area contributed by atoms with E-state index in [0.29, 0.717) is 5.95 Å². The van der Waals surface area contributed by atoms with E-state index in [1.54, 1.807) is 0 Å². The second-order valence-corrected chi connectivity index (χ2v) is 15.6. The van der Waals surface area contributed by atoms with Crippen LogP contribution in [0.3, 0.4) is 0 Å². The summed E-state index contributed by atoms with van der Waals surface area (Å²) in [6.45, 7) is 0. The molecule has 13 rings (SSSR count). The van der Waals surface area contributed by atoms with E-state index in [-0.39, 0.29) is 0 Å². The number of para-hydroxylation sites is 3. The predicted octanol–water partition coefficient (Wildman–Crippen LogP) is 13.6. The maximum atomic E-state index is 5.45. The van der Waals surface area contributed by atoms with Crippen LogP contribution in [-0.2, 0) is 0 Å². The molecule has 0 aliphatic carbocycles. The first kappa shape index (κ1) is 29.4. The molecule has 55 heavy (non-hydrogen) atoms. The van der Waals surface area contributed by atoms with Crippen LogP contribution in [0.15, 0.2) is 170 Å². The second-order valence-electron chi connectivity index (χ2n) is 14.5. The quantitative estimate of drug-likeness (QED) is 0.179. The molecule has 0 fully saturated rings. The highest BCUT2D eigenvalue weighted by molar-refractivity contribution is 7.26. The molecule has 0 amide bonds. The number of thiophene rings is 1. The Kier molecular flexibility index (Phi) is 5.74. The average Bonchev–Trinajstić information content (AvgIpc) is 3.91. The Balaban J connectivity index is 1.32. The van der Waals surface area contributed by atoms with Crippen LogP contribution in [0.2, 0.25) is 0 Å². The Bertz CT molecular complexity index is 3760. The van der Waals surface area contributed by atoms with Crippen molar-refractivity contribution >= 4 is 113 Å². The van der Waals surface area contributed by atoms with E-state index < -0.39 is 0 Å². The molecule has 0 saturated carbocycles. The fourth-order valence-electron chi connectivity index (χ4n) is 9.46. The summed E-state index contributed by atoms with van der Waals surface area (Å²) in [5.41, 5.74) is 8.68. The predicted molar refractivity (Wildman–Crippen MR) is 233 cm³/mol. The fraction of sp³-hybridized carbons (Fsp3) is 0. The first-order valence-corrected chi connectivity index (χ1v) is 19.5. The molecule has 0 N–H and O–H groups in total. The first-order valence-electron chi connectivity index (χ1n) is 18.7. The number of rotatable bonds is 2. The molecule has 0 bridgehead atoms. The molecule has 0 spiro atoms. The van der Waals surface area contributed by atoms with Crippen molar-refractivity contribution in [2.24, 2.45) is 0 Å². The van der Waals surface area contributed by atoms with Crippen LogP contribution in [0, 0.1) is 0 Å². The van der Waals surface area contributed by atoms with E-state index in [4.69, 9.17) is 9.97 Å². The van der Waals surface area contributed by atoms with Crippen molar-refractivity contribution in [3.8, 4) is 17.2 Å². The molecular weight excluding hydrogens is 689 g/mol. The fourth-order valence-corrected chi connectivity index (χ4v) is 10.6. The number of nitrogens with zero attached hydrogens (tertiary/aromatic N) is 4. The van der Waals surface area contributed by atoms with Crippen molar-refractivity contribution in [1.82, 2.24) is 18.9 Å². The maximum Gasteiger partial charge on any atom is 0.235 e. The molecule has 5 heterocycles. The van der Waals surface area contributed by atoms with Crippen molar-refractivity contribution in [3.63, 3.8) is 0 Å². The lowest BCUT2D eigenvalue weighted by molar-refractivity contribution is 1.02. The zero-order chi connectivity index (χ0) is 35.8. The summed E-state index contributed by atoms with van der Waals surface area (Å²) in [7, 11) is 0. The minimum absolute atomic E-state index is 0.664. The highest BCUT2D eigenvalue weighted by Gasteiger charge is 2.25. The van der Waals surface area contributed by atoms with E-state index in [9.17, 15) is 0 Å². The third-order valence-electron chi connectivity index (χ3n) is 11.7. The summed E-state index contributed by atoms with van der Waals surface area (Å²) in [4.78, 5) is 10.8. The third kappa shape index (κ3) is 3.84. The summed E-state index contributed by atoms with van der Waals surface area (Å²) < 4.78 is 7.46. The van der Waals surface area contributed by atoms with Crippen molar-refractivity contribution in [2.45, 2.75) is 0 Å². The van der Waals surface area contributed by atoms with Crippen LogP contribution < -0.4 is 0 Å². The van der Waals surface area contributed by atoms with Gasteiger partial charge in [0.1, 0.15) is 0 Å². The van der Waals surface area contributed by atoms with Gasteiger partial charge in [-0.15, -0.1) is 11.3 Å². The molecule has 5 aromatic heterocycles. The summed E-state index contributed by atoms with van der Waals surface area (Å²) >= 11 is 1.88. The molecule has 5 heteroatoms. The molecule has 13 aromatic rings. The summed E-state index contributed by atoms with van der Waals surface area (Å²) in [5, 5.41) is 13.4. The number of fused-ring (bicyclic) bond motifs is 13. The smallest absolute Gasteiger partial charge is 0.235 e. The Morgan fingerprint density at radius 3 is 1.84 bits per heavy atom. The van der Waals surface area contributed by atoms with Gasteiger partial charge in [-0.1, -0.05) is 133 Å². The van der Waals surface area contributed by atoms with Crippen LogP contribution in [-0.4, -0.2) is 18.9 Å². The molecule has 0 aliphatic heterocycles. The van der Waals surface area contributed by atoms with Gasteiger partial charge in [-0.25, -0.2) is 9.97 Å². The van der Waals surface area contributed by atoms with Crippen molar-refractivity contribution in [3.05, 3.63) is 170 Å². The Hall–Kier alpha value is -7.08. The van der Waals surface area contributed by atoms with Gasteiger partial charge in [0.05, 0.1) is 38.8 Å². The highest BCUT2D eigenvalue weighted by Crippen LogP contribution is 2.48. The molecule has 0 saturated heterocycles. The molecule has 254 valence electrons. The van der Waals surface area contributed by atoms with E-state index in [1.165, 1.54) is 74.3 Å². The van der Waals surface area contributed by atoms with Crippen LogP contribution in [0.25, 0.3) is 119 Å². The highest BCUT2D eigenvalue weighted by atomic mass is 32.1. The minimum Gasteiger partial charge on any atom is -0.308 e. The van der Waals surface area contributed by atoms with Gasteiger partial charge < -0.3 is 4.40 Å². The zero-order valence-electron chi connectivity index (χ0n) is 29.4. The lowest BCUT2D eigenvalue weighted by atomic mass is 10.0. The lowest BCUT2D eigenvalue weighted by Gasteiger charge is -2.12. The molecule has 8 aromatic carbocycles. The number of benzene rings is 8. The monoisotopic (exact) mass is 716 g/mol. The number of aromatic nitrogens is 4. The Morgan fingerprint density at radius 1 is 0.364 bits per heavy atom. The van der Waals surface area contributed by atoms with Crippen molar-refractivity contribution < 1.29 is 0 Å². The van der Waals surface area contributed by atoms with E-state index in [0.717, 1.165) is 38.7 Å². The van der Waals surface area contributed by atoms with Gasteiger partial charge in [0, 0.05) is 58.1 Å². The van der Waals surface area contributed by atoms with Crippen LogP contribution in [0.1, 0.15) is 0 Å². The normalized spacial score (nSPS) is 12.4. The summed E-state index contributed by atoms with van der Waals surface area (Å²) in [6.07, 6.45) is 0. The number of hydrogen-bond donors (Lipinski definition) is 0. The van der Waals surface area contributed by atoms with Crippen LogP contribution in [0.4, 0.5) is 0 Å². The molecule has 0 aliphatic rings. The first-order chi connectivity index (χ1) is 27.3. The van der Waals surface area contributed by atoms with E-state index in [2.05, 4.69) is 179 Å². The largest absolute Gasteiger partial charge is 0.308 e. The van der Waals surface area contributed by atoms with Crippen molar-refractivity contribution in [1.29, 1.82) is 0 Å². The SMILES string of the molecule is c1ccc(-c2nc(-n3c4ccccc4c4ccc5c(c6ccc7sc8cccc9c%10ccccc%10c%10ccccc%10n5c6c7c89)c43)nc3ccccc23)cc1. The van der Waals surface area contributed by atoms with E-state index in [1.807, 2.05) is 11.3 Å². The van der Waals surface area contributed by atoms with Gasteiger partial charge in [-0.3, -0.25) is 4.57 Å². The standard InChI is InChI=1S/C50H28N4S/c1-2-13-29(14-3-1)47-36-19-6-9-21-38(36)51-50(52-47)54-40-23-11-8-18-33(40)35-25-27-41-44(48(35)54)37-26-28-43-46-45-34(20-12-24-42(45)55-43)31-16-5-4-15-30(31)32-17-7-10-22-39(32)53(41)49(37)46/h1-28H. The van der Waals surface area contributed by atoms with Crippen LogP contribution in [0.5, 0.6) is 0 Å². The topological polar surface area (TPSA) is 35.1 Å². The summed E-state index contributed by atoms with van der Waals surface area (Å²) in [5.74, 6) is 0.664. The number of hydrogen-bond acceptors (Lipinski definition) is 3. The van der Waals surface area contributed by atoms with Crippen LogP contribution >= 0.6 is 11.3 Å². The average molecular weight is 717 g/mol. The van der Waals surface area contributed by atoms with Gasteiger partial charge in [0.15, 0.2) is 0 Å². The van der Waals surface area contributed by atoms with E-state index >= 15 is 0 Å². The zero-order valence-corrected chi connectivity index (χ0v) is 30.2. The Morgan fingerprint density at radius 2 is 1.00 bits per heavy atom. The maximum absolute atomic E-state index is 5.45. The second kappa shape index (κ2) is 10.8. The molecule has 0 radical (unpaired) electrons. The lowest BCUT2D eigenvalue weighted by Crippen LogP contribution is -2.03. The molecule has 0 unspecified atom stereocenters. The van der Waals surface area contributed by atoms with Gasteiger partial charge in [-0.05, 0) is 52.6 Å². The third-order valence-corrected chi connectivity index (χ3v) is 12.8. The molecular formula is C50H28N4S. The minimum atomic E-state index is 0.664. The van der Waals surface area contributed by atoms with Crippen molar-refractivity contribution in [2.75, 3.05) is 0 Å². The Labute approximate surface area is 317 Å². The molecule has 0 atom stereocenters. The van der Waals surface area contributed by atoms with Gasteiger partial charge in [0.25, 0.3) is 0 Å². The van der Waals surface area contributed by atoms with Gasteiger partial charge in [-0.2, -0.15) is 0 Å². The van der Waals surface area contributed by atoms with Gasteiger partial charge in [0.2, 0.25) is 5.95 Å². The molecule has 4 nitrogen and oxygen atoms in total.